The first-order chi connectivity index (χ1) is 5.61. The van der Waals surface area contributed by atoms with Crippen molar-refractivity contribution in [1.82, 2.24) is 14.8 Å². The van der Waals surface area contributed by atoms with Crippen molar-refractivity contribution in [2.45, 2.75) is 19.6 Å². The van der Waals surface area contributed by atoms with Crippen LogP contribution in [0.25, 0.3) is 0 Å². The highest BCUT2D eigenvalue weighted by molar-refractivity contribution is 5.71. The second kappa shape index (κ2) is 3.31. The van der Waals surface area contributed by atoms with Crippen LogP contribution in [0.3, 0.4) is 0 Å². The fourth-order valence-electron chi connectivity index (χ4n) is 0.743. The highest BCUT2D eigenvalue weighted by Crippen LogP contribution is 1.94. The lowest BCUT2D eigenvalue weighted by Gasteiger charge is -2.05. The van der Waals surface area contributed by atoms with E-state index in [-0.39, 0.29) is 6.54 Å². The molecule has 1 heterocycles. The van der Waals surface area contributed by atoms with Crippen molar-refractivity contribution < 1.29 is 15.0 Å². The van der Waals surface area contributed by atoms with E-state index < -0.39 is 12.1 Å². The quantitative estimate of drug-likeness (QED) is 0.611. The number of aryl methyl sites for hydroxylation is 1. The molecule has 6 nitrogen and oxygen atoms in total. The van der Waals surface area contributed by atoms with Gasteiger partial charge in [0.25, 0.3) is 0 Å². The maximum atomic E-state index is 10.2. The predicted molar refractivity (Wildman–Crippen MR) is 38.4 cm³/mol. The van der Waals surface area contributed by atoms with Crippen LogP contribution in [-0.4, -0.2) is 37.1 Å². The number of carbonyl (C=O) groups is 1. The van der Waals surface area contributed by atoms with Gasteiger partial charge in [0.2, 0.25) is 0 Å². The van der Waals surface area contributed by atoms with Gasteiger partial charge in [0.1, 0.15) is 12.2 Å². The monoisotopic (exact) mass is 171 g/mol. The third-order valence-electron chi connectivity index (χ3n) is 1.44. The summed E-state index contributed by atoms with van der Waals surface area (Å²) in [5.74, 6) is -0.680. The number of aliphatic carboxylic acids is 1. The largest absolute Gasteiger partial charge is 0.479 e. The van der Waals surface area contributed by atoms with Crippen molar-refractivity contribution in [3.63, 3.8) is 0 Å². The van der Waals surface area contributed by atoms with Crippen LogP contribution in [-0.2, 0) is 11.3 Å². The number of carboxylic acids is 1. The molecular weight excluding hydrogens is 162 g/mol. The highest BCUT2D eigenvalue weighted by atomic mass is 16.4. The lowest BCUT2D eigenvalue weighted by Crippen LogP contribution is -2.26. The summed E-state index contributed by atoms with van der Waals surface area (Å²) in [6.07, 6.45) is -0.116. The molecular formula is C6H9N3O3. The summed E-state index contributed by atoms with van der Waals surface area (Å²) < 4.78 is 1.33. The number of nitrogens with zero attached hydrogens (tertiary/aromatic N) is 3. The van der Waals surface area contributed by atoms with E-state index in [0.29, 0.717) is 5.82 Å². The van der Waals surface area contributed by atoms with E-state index in [0.717, 1.165) is 0 Å². The Kier molecular flexibility index (Phi) is 2.39. The number of hydrogen-bond donors (Lipinski definition) is 2. The number of carboxylic acid groups (broad SMARTS) is 1. The summed E-state index contributed by atoms with van der Waals surface area (Å²) in [4.78, 5) is 14.0. The number of aliphatic hydroxyl groups excluding tert-OH is 1. The molecule has 0 saturated heterocycles. The minimum absolute atomic E-state index is 0.0683. The van der Waals surface area contributed by atoms with Crippen LogP contribution in [0.4, 0.5) is 0 Å². The zero-order valence-electron chi connectivity index (χ0n) is 6.51. The molecule has 1 rings (SSSR count). The van der Waals surface area contributed by atoms with Gasteiger partial charge < -0.3 is 10.2 Å². The topological polar surface area (TPSA) is 88.2 Å². The van der Waals surface area contributed by atoms with Gasteiger partial charge >= 0.3 is 5.97 Å². The fourth-order valence-corrected chi connectivity index (χ4v) is 0.743. The van der Waals surface area contributed by atoms with Crippen LogP contribution < -0.4 is 0 Å². The van der Waals surface area contributed by atoms with Gasteiger partial charge in [-0.05, 0) is 6.92 Å². The number of rotatable bonds is 3. The molecule has 0 unspecified atom stereocenters. The van der Waals surface area contributed by atoms with Crippen molar-refractivity contribution in [2.75, 3.05) is 0 Å². The Balaban J connectivity index is 2.64. The third kappa shape index (κ3) is 1.79. The Hall–Kier alpha value is -1.43. The minimum Gasteiger partial charge on any atom is -0.479 e. The summed E-state index contributed by atoms with van der Waals surface area (Å²) in [5.41, 5.74) is 0. The molecule has 0 aliphatic heterocycles. The molecule has 12 heavy (non-hydrogen) atoms. The molecule has 1 aromatic heterocycles. The molecule has 6 heteroatoms. The van der Waals surface area contributed by atoms with E-state index in [1.54, 1.807) is 6.92 Å². The lowest BCUT2D eigenvalue weighted by molar-refractivity contribution is -0.147. The second-order valence-electron chi connectivity index (χ2n) is 2.34. The van der Waals surface area contributed by atoms with Gasteiger partial charge in [-0.2, -0.15) is 5.10 Å². The molecule has 0 aromatic carbocycles. The van der Waals surface area contributed by atoms with Crippen LogP contribution in [0, 0.1) is 6.92 Å². The Morgan fingerprint density at radius 2 is 2.50 bits per heavy atom. The van der Waals surface area contributed by atoms with Crippen LogP contribution in [0.1, 0.15) is 5.82 Å². The predicted octanol–water partition coefficient (Wildman–Crippen LogP) is -0.968. The summed E-state index contributed by atoms with van der Waals surface area (Å²) in [6, 6.07) is 0. The first-order valence-electron chi connectivity index (χ1n) is 3.36. The summed E-state index contributed by atoms with van der Waals surface area (Å²) in [6.45, 7) is 1.61. The van der Waals surface area contributed by atoms with Crippen molar-refractivity contribution in [2.24, 2.45) is 0 Å². The summed E-state index contributed by atoms with van der Waals surface area (Å²) in [7, 11) is 0. The molecule has 0 radical (unpaired) electrons. The summed E-state index contributed by atoms with van der Waals surface area (Å²) in [5, 5.41) is 21.0. The van der Waals surface area contributed by atoms with Crippen LogP contribution >= 0.6 is 0 Å². The zero-order chi connectivity index (χ0) is 9.14. The van der Waals surface area contributed by atoms with Crippen molar-refractivity contribution in [3.05, 3.63) is 12.2 Å². The number of hydrogen-bond acceptors (Lipinski definition) is 4. The van der Waals surface area contributed by atoms with Crippen LogP contribution in [0.5, 0.6) is 0 Å². The van der Waals surface area contributed by atoms with E-state index in [2.05, 4.69) is 10.1 Å². The molecule has 0 aliphatic rings. The molecule has 1 atom stereocenters. The van der Waals surface area contributed by atoms with E-state index in [9.17, 15) is 4.79 Å². The van der Waals surface area contributed by atoms with E-state index in [1.807, 2.05) is 0 Å². The number of aromatic nitrogens is 3. The SMILES string of the molecule is Cc1ncnn1C[C@@H](O)C(=O)O. The lowest BCUT2D eigenvalue weighted by atomic mass is 10.3. The highest BCUT2D eigenvalue weighted by Gasteiger charge is 2.14. The third-order valence-corrected chi connectivity index (χ3v) is 1.44. The smallest absolute Gasteiger partial charge is 0.334 e. The molecule has 0 fully saturated rings. The van der Waals surface area contributed by atoms with Crippen molar-refractivity contribution >= 4 is 5.97 Å². The molecule has 0 amide bonds. The zero-order valence-corrected chi connectivity index (χ0v) is 6.51. The van der Waals surface area contributed by atoms with E-state index in [1.165, 1.54) is 11.0 Å². The Morgan fingerprint density at radius 1 is 1.83 bits per heavy atom. The molecule has 66 valence electrons. The molecule has 1 aromatic rings. The minimum atomic E-state index is -1.43. The maximum absolute atomic E-state index is 10.2. The first-order valence-corrected chi connectivity index (χ1v) is 3.36. The molecule has 0 bridgehead atoms. The van der Waals surface area contributed by atoms with Gasteiger partial charge in [-0.1, -0.05) is 0 Å². The Morgan fingerprint density at radius 3 is 2.92 bits per heavy atom. The molecule has 2 N–H and O–H groups in total. The normalized spacial score (nSPS) is 12.8. The summed E-state index contributed by atoms with van der Waals surface area (Å²) >= 11 is 0. The average Bonchev–Trinajstić information content (AvgIpc) is 2.36. The van der Waals surface area contributed by atoms with Gasteiger partial charge in [-0.25, -0.2) is 14.5 Å². The second-order valence-corrected chi connectivity index (χ2v) is 2.34. The van der Waals surface area contributed by atoms with Gasteiger partial charge in [0.05, 0.1) is 6.54 Å². The first kappa shape index (κ1) is 8.66. The van der Waals surface area contributed by atoms with Gasteiger partial charge in [0, 0.05) is 0 Å². The molecule has 0 saturated carbocycles. The van der Waals surface area contributed by atoms with E-state index in [4.69, 9.17) is 10.2 Å². The Bertz CT molecular complexity index is 283. The fraction of sp³-hybridized carbons (Fsp3) is 0.500. The molecule has 0 aliphatic carbocycles. The van der Waals surface area contributed by atoms with Crippen molar-refractivity contribution in [3.8, 4) is 0 Å². The van der Waals surface area contributed by atoms with Gasteiger partial charge in [-0.15, -0.1) is 0 Å². The van der Waals surface area contributed by atoms with Crippen LogP contribution in [0.2, 0.25) is 0 Å². The van der Waals surface area contributed by atoms with Crippen molar-refractivity contribution in [1.29, 1.82) is 0 Å². The van der Waals surface area contributed by atoms with Crippen LogP contribution in [0.15, 0.2) is 6.33 Å². The number of aliphatic hydroxyl groups is 1. The van der Waals surface area contributed by atoms with E-state index >= 15 is 0 Å². The Labute approximate surface area is 68.5 Å². The maximum Gasteiger partial charge on any atom is 0.334 e. The standard InChI is InChI=1S/C6H9N3O3/c1-4-7-3-8-9(4)2-5(10)6(11)12/h3,5,10H,2H2,1H3,(H,11,12)/t5-/m1/s1. The molecule has 0 spiro atoms. The van der Waals surface area contributed by atoms with Gasteiger partial charge in [-0.3, -0.25) is 0 Å². The van der Waals surface area contributed by atoms with Gasteiger partial charge in [0.15, 0.2) is 6.10 Å². The average molecular weight is 171 g/mol.